The minimum Gasteiger partial charge on any atom is -0.497 e. The molecule has 0 saturated heterocycles. The van der Waals surface area contributed by atoms with E-state index in [0.29, 0.717) is 0 Å². The number of ether oxygens (including phenoxy) is 2. The lowest BCUT2D eigenvalue weighted by molar-refractivity contribution is -0.149. The summed E-state index contributed by atoms with van der Waals surface area (Å²) in [7, 11) is 1.67. The number of aryl methyl sites for hydroxylation is 1. The molecule has 0 fully saturated rings. The largest absolute Gasteiger partial charge is 0.497 e. The molecule has 25 heavy (non-hydrogen) atoms. The molecule has 0 saturated carbocycles. The smallest absolute Gasteiger partial charge is 0.317 e. The molecule has 0 amide bonds. The van der Waals surface area contributed by atoms with Crippen LogP contribution in [-0.2, 0) is 16.0 Å². The zero-order chi connectivity index (χ0) is 17.6. The number of rotatable bonds is 2. The Labute approximate surface area is 148 Å². The van der Waals surface area contributed by atoms with Gasteiger partial charge in [-0.1, -0.05) is 30.3 Å². The van der Waals surface area contributed by atoms with E-state index in [0.717, 1.165) is 29.9 Å². The van der Waals surface area contributed by atoms with E-state index in [1.165, 1.54) is 16.7 Å². The lowest BCUT2D eigenvalue weighted by atomic mass is 9.66. The summed E-state index contributed by atoms with van der Waals surface area (Å²) in [6, 6.07) is 16.3. The molecule has 1 aliphatic carbocycles. The van der Waals surface area contributed by atoms with E-state index in [1.807, 2.05) is 50.2 Å². The number of fused-ring (bicyclic) bond motifs is 2. The quantitative estimate of drug-likeness (QED) is 0.746. The molecule has 1 heterocycles. The van der Waals surface area contributed by atoms with Crippen LogP contribution in [0, 0.1) is 5.41 Å². The maximum atomic E-state index is 12.8. The molecule has 2 aromatic rings. The van der Waals surface area contributed by atoms with Crippen molar-refractivity contribution in [2.24, 2.45) is 5.41 Å². The van der Waals surface area contributed by atoms with Gasteiger partial charge in [0.1, 0.15) is 11.5 Å². The first-order valence-electron chi connectivity index (χ1n) is 8.70. The molecule has 0 bridgehead atoms. The van der Waals surface area contributed by atoms with E-state index >= 15 is 0 Å². The maximum absolute atomic E-state index is 12.8. The molecule has 0 spiro atoms. The van der Waals surface area contributed by atoms with Crippen molar-refractivity contribution >= 4 is 11.7 Å². The summed E-state index contributed by atoms with van der Waals surface area (Å²) in [4.78, 5) is 12.8. The highest BCUT2D eigenvalue weighted by Crippen LogP contribution is 2.52. The van der Waals surface area contributed by atoms with Gasteiger partial charge in [0.15, 0.2) is 0 Å². The van der Waals surface area contributed by atoms with Crippen molar-refractivity contribution in [2.45, 2.75) is 32.6 Å². The second kappa shape index (κ2) is 5.76. The first-order chi connectivity index (χ1) is 12.0. The van der Waals surface area contributed by atoms with Crippen molar-refractivity contribution in [3.63, 3.8) is 0 Å². The number of allylic oxidation sites excluding steroid dienone is 1. The first-order valence-corrected chi connectivity index (χ1v) is 8.70. The van der Waals surface area contributed by atoms with Crippen LogP contribution in [0.4, 0.5) is 0 Å². The van der Waals surface area contributed by atoms with Crippen LogP contribution >= 0.6 is 0 Å². The van der Waals surface area contributed by atoms with Crippen LogP contribution in [0.2, 0.25) is 0 Å². The third-order valence-electron chi connectivity index (χ3n) is 5.44. The van der Waals surface area contributed by atoms with Crippen molar-refractivity contribution in [3.05, 3.63) is 70.8 Å². The van der Waals surface area contributed by atoms with Crippen molar-refractivity contribution < 1.29 is 14.3 Å². The van der Waals surface area contributed by atoms with Gasteiger partial charge in [-0.3, -0.25) is 4.79 Å². The normalized spacial score (nSPS) is 21.2. The van der Waals surface area contributed by atoms with Gasteiger partial charge in [-0.2, -0.15) is 0 Å². The van der Waals surface area contributed by atoms with Gasteiger partial charge >= 0.3 is 5.97 Å². The SMILES string of the molecule is COc1ccc2c(c1)CCC1=C2OC(=O)C(C)(C)[C@@H]1c1ccccc1. The standard InChI is InChI=1S/C22H22O3/c1-22(2)19(14-7-5-4-6-8-14)18-11-9-15-13-16(24-3)10-12-17(15)20(18)25-21(22)23/h4-8,10,12-13,19H,9,11H2,1-3H3/t19-/m1/s1. The van der Waals surface area contributed by atoms with Crippen LogP contribution in [0.1, 0.15) is 42.9 Å². The predicted molar refractivity (Wildman–Crippen MR) is 97.3 cm³/mol. The average molecular weight is 334 g/mol. The molecule has 2 aromatic carbocycles. The Kier molecular flexibility index (Phi) is 3.68. The van der Waals surface area contributed by atoms with Crippen LogP contribution in [-0.4, -0.2) is 13.1 Å². The van der Waals surface area contributed by atoms with E-state index in [2.05, 4.69) is 12.1 Å². The fourth-order valence-corrected chi connectivity index (χ4v) is 4.12. The summed E-state index contributed by atoms with van der Waals surface area (Å²) in [6.45, 7) is 3.97. The molecule has 3 nitrogen and oxygen atoms in total. The third-order valence-corrected chi connectivity index (χ3v) is 5.44. The Bertz CT molecular complexity index is 862. The summed E-state index contributed by atoms with van der Waals surface area (Å²) in [6.07, 6.45) is 1.83. The molecule has 128 valence electrons. The highest BCUT2D eigenvalue weighted by Gasteiger charge is 2.47. The van der Waals surface area contributed by atoms with Gasteiger partial charge in [-0.25, -0.2) is 0 Å². The molecular weight excluding hydrogens is 312 g/mol. The average Bonchev–Trinajstić information content (AvgIpc) is 2.63. The van der Waals surface area contributed by atoms with Gasteiger partial charge in [0.2, 0.25) is 0 Å². The van der Waals surface area contributed by atoms with Crippen LogP contribution < -0.4 is 4.74 Å². The number of hydrogen-bond donors (Lipinski definition) is 0. The number of carbonyl (C=O) groups excluding carboxylic acids is 1. The molecule has 0 radical (unpaired) electrons. The molecule has 1 aliphatic heterocycles. The van der Waals surface area contributed by atoms with Crippen molar-refractivity contribution in [1.82, 2.24) is 0 Å². The molecule has 1 atom stereocenters. The van der Waals surface area contributed by atoms with E-state index in [9.17, 15) is 4.79 Å². The fourth-order valence-electron chi connectivity index (χ4n) is 4.12. The van der Waals surface area contributed by atoms with Crippen LogP contribution in [0.5, 0.6) is 5.75 Å². The topological polar surface area (TPSA) is 35.5 Å². The first kappa shape index (κ1) is 15.9. The Morgan fingerprint density at radius 1 is 1.08 bits per heavy atom. The molecule has 0 unspecified atom stereocenters. The summed E-state index contributed by atoms with van der Waals surface area (Å²) in [5.41, 5.74) is 4.02. The number of carbonyl (C=O) groups is 1. The lowest BCUT2D eigenvalue weighted by Gasteiger charge is -2.41. The Morgan fingerprint density at radius 3 is 2.56 bits per heavy atom. The zero-order valence-corrected chi connectivity index (χ0v) is 14.8. The van der Waals surface area contributed by atoms with E-state index < -0.39 is 5.41 Å². The third kappa shape index (κ3) is 2.46. The number of benzene rings is 2. The van der Waals surface area contributed by atoms with Gasteiger partial charge in [-0.15, -0.1) is 0 Å². The van der Waals surface area contributed by atoms with E-state index in [4.69, 9.17) is 9.47 Å². The minimum absolute atomic E-state index is 0.0419. The second-order valence-corrected chi connectivity index (χ2v) is 7.33. The van der Waals surface area contributed by atoms with Gasteiger partial charge in [-0.05, 0) is 61.6 Å². The van der Waals surface area contributed by atoms with E-state index in [-0.39, 0.29) is 11.9 Å². The maximum Gasteiger partial charge on any atom is 0.317 e. The lowest BCUT2D eigenvalue weighted by Crippen LogP contribution is -2.39. The van der Waals surface area contributed by atoms with Crippen molar-refractivity contribution in [1.29, 1.82) is 0 Å². The fraction of sp³-hybridized carbons (Fsp3) is 0.318. The molecule has 0 aromatic heterocycles. The Balaban J connectivity index is 1.90. The van der Waals surface area contributed by atoms with Crippen molar-refractivity contribution in [2.75, 3.05) is 7.11 Å². The summed E-state index contributed by atoms with van der Waals surface area (Å²) >= 11 is 0. The molecular formula is C22H22O3. The summed E-state index contributed by atoms with van der Waals surface area (Å²) < 4.78 is 11.2. The number of esters is 1. The molecule has 0 N–H and O–H groups in total. The number of hydrogen-bond acceptors (Lipinski definition) is 3. The zero-order valence-electron chi connectivity index (χ0n) is 14.8. The molecule has 3 heteroatoms. The summed E-state index contributed by atoms with van der Waals surface area (Å²) in [5.74, 6) is 1.47. The summed E-state index contributed by atoms with van der Waals surface area (Å²) in [5, 5.41) is 0. The van der Waals surface area contributed by atoms with Gasteiger partial charge in [0, 0.05) is 11.5 Å². The Hall–Kier alpha value is -2.55. The van der Waals surface area contributed by atoms with Gasteiger partial charge in [0.05, 0.1) is 12.5 Å². The molecule has 2 aliphatic rings. The van der Waals surface area contributed by atoms with Crippen LogP contribution in [0.15, 0.2) is 54.1 Å². The van der Waals surface area contributed by atoms with E-state index in [1.54, 1.807) is 7.11 Å². The van der Waals surface area contributed by atoms with Gasteiger partial charge < -0.3 is 9.47 Å². The second-order valence-electron chi connectivity index (χ2n) is 7.33. The monoisotopic (exact) mass is 334 g/mol. The predicted octanol–water partition coefficient (Wildman–Crippen LogP) is 4.72. The van der Waals surface area contributed by atoms with Crippen molar-refractivity contribution in [3.8, 4) is 5.75 Å². The van der Waals surface area contributed by atoms with Gasteiger partial charge in [0.25, 0.3) is 0 Å². The van der Waals surface area contributed by atoms with Crippen LogP contribution in [0.3, 0.4) is 0 Å². The number of methoxy groups -OCH3 is 1. The highest BCUT2D eigenvalue weighted by atomic mass is 16.5. The van der Waals surface area contributed by atoms with Crippen LogP contribution in [0.25, 0.3) is 5.76 Å². The Morgan fingerprint density at radius 2 is 1.84 bits per heavy atom. The highest BCUT2D eigenvalue weighted by molar-refractivity contribution is 5.89. The molecule has 4 rings (SSSR count). The minimum atomic E-state index is -0.579.